The molecular weight excluding hydrogens is 278 g/mol. The van der Waals surface area contributed by atoms with E-state index in [1.54, 1.807) is 6.92 Å². The number of hydrogen-bond donors (Lipinski definition) is 1. The van der Waals surface area contributed by atoms with Crippen LogP contribution in [0.4, 0.5) is 0 Å². The van der Waals surface area contributed by atoms with E-state index in [4.69, 9.17) is 10.5 Å². The van der Waals surface area contributed by atoms with E-state index in [0.29, 0.717) is 12.2 Å². The zero-order chi connectivity index (χ0) is 15.2. The van der Waals surface area contributed by atoms with E-state index >= 15 is 0 Å². The Hall–Kier alpha value is -1.46. The number of ether oxygens (including phenoxy) is 1. The highest BCUT2D eigenvalue weighted by atomic mass is 32.2. The van der Waals surface area contributed by atoms with Crippen molar-refractivity contribution >= 4 is 10.0 Å². The smallest absolute Gasteiger partial charge is 0.244 e. The molecule has 0 aliphatic carbocycles. The molecule has 0 aliphatic heterocycles. The fraction of sp³-hybridized carbons (Fsp3) is 0.462. The average Bonchev–Trinajstić information content (AvgIpc) is 2.44. The molecule has 1 rings (SSSR count). The van der Waals surface area contributed by atoms with Gasteiger partial charge in [-0.15, -0.1) is 0 Å². The normalized spacial score (nSPS) is 12.8. The Morgan fingerprint density at radius 3 is 2.80 bits per heavy atom. The van der Waals surface area contributed by atoms with Crippen LogP contribution >= 0.6 is 0 Å². The van der Waals surface area contributed by atoms with Crippen molar-refractivity contribution in [2.75, 3.05) is 27.3 Å². The molecule has 1 aromatic heterocycles. The van der Waals surface area contributed by atoms with Crippen LogP contribution in [0.1, 0.15) is 12.5 Å². The van der Waals surface area contributed by atoms with Crippen LogP contribution in [-0.2, 0) is 14.8 Å². The number of sulfonamides is 1. The summed E-state index contributed by atoms with van der Waals surface area (Å²) in [6.45, 7) is 2.30. The van der Waals surface area contributed by atoms with E-state index in [-0.39, 0.29) is 17.5 Å². The van der Waals surface area contributed by atoms with Gasteiger partial charge in [-0.25, -0.2) is 8.42 Å². The van der Waals surface area contributed by atoms with Gasteiger partial charge < -0.3 is 10.5 Å². The van der Waals surface area contributed by atoms with Gasteiger partial charge in [-0.2, -0.15) is 4.31 Å². The van der Waals surface area contributed by atoms with Gasteiger partial charge in [-0.05, 0) is 13.0 Å². The third kappa shape index (κ3) is 4.02. The SMILES string of the molecule is COCC(C)N(C)S(=O)(=O)c1cncc(C#CCN)c1. The lowest BCUT2D eigenvalue weighted by molar-refractivity contribution is 0.149. The number of likely N-dealkylation sites (N-methyl/N-ethyl adjacent to an activating group) is 1. The molecule has 0 aliphatic rings. The van der Waals surface area contributed by atoms with Gasteiger partial charge in [0.15, 0.2) is 0 Å². The number of hydrogen-bond acceptors (Lipinski definition) is 5. The van der Waals surface area contributed by atoms with Crippen molar-refractivity contribution in [3.63, 3.8) is 0 Å². The van der Waals surface area contributed by atoms with Gasteiger partial charge >= 0.3 is 0 Å². The van der Waals surface area contributed by atoms with Gasteiger partial charge in [0.05, 0.1) is 13.2 Å². The lowest BCUT2D eigenvalue weighted by Gasteiger charge is -2.23. The predicted octanol–water partition coefficient (Wildman–Crippen LogP) is 0.0472. The first-order valence-corrected chi connectivity index (χ1v) is 7.48. The van der Waals surface area contributed by atoms with Gasteiger partial charge in [0.1, 0.15) is 4.90 Å². The molecule has 1 unspecified atom stereocenters. The quantitative estimate of drug-likeness (QED) is 0.776. The maximum absolute atomic E-state index is 12.4. The van der Waals surface area contributed by atoms with Crippen molar-refractivity contribution in [2.45, 2.75) is 17.9 Å². The minimum Gasteiger partial charge on any atom is -0.383 e. The minimum atomic E-state index is -3.62. The van der Waals surface area contributed by atoms with Crippen LogP contribution in [0.3, 0.4) is 0 Å². The molecule has 1 heterocycles. The van der Waals surface area contributed by atoms with Crippen LogP contribution < -0.4 is 5.73 Å². The summed E-state index contributed by atoms with van der Waals surface area (Å²) in [6, 6.07) is 1.21. The molecule has 0 fully saturated rings. The van der Waals surface area contributed by atoms with E-state index < -0.39 is 10.0 Å². The van der Waals surface area contributed by atoms with Crippen LogP contribution in [0, 0.1) is 11.8 Å². The zero-order valence-electron chi connectivity index (χ0n) is 11.8. The van der Waals surface area contributed by atoms with Crippen molar-refractivity contribution in [2.24, 2.45) is 5.73 Å². The van der Waals surface area contributed by atoms with Gasteiger partial charge in [0.25, 0.3) is 0 Å². The molecule has 110 valence electrons. The second-order valence-electron chi connectivity index (χ2n) is 4.24. The summed E-state index contributed by atoms with van der Waals surface area (Å²) in [6.07, 6.45) is 2.80. The van der Waals surface area contributed by atoms with E-state index in [2.05, 4.69) is 16.8 Å². The summed E-state index contributed by atoms with van der Waals surface area (Å²) in [4.78, 5) is 4.01. The molecule has 1 aromatic rings. The van der Waals surface area contributed by atoms with E-state index in [1.165, 1.54) is 36.9 Å². The summed E-state index contributed by atoms with van der Waals surface area (Å²) < 4.78 is 31.1. The third-order valence-corrected chi connectivity index (χ3v) is 4.69. The Morgan fingerprint density at radius 1 is 1.50 bits per heavy atom. The monoisotopic (exact) mass is 297 g/mol. The second kappa shape index (κ2) is 7.36. The van der Waals surface area contributed by atoms with E-state index in [0.717, 1.165) is 0 Å². The Kier molecular flexibility index (Phi) is 6.10. The Balaban J connectivity index is 3.09. The number of pyridine rings is 1. The first-order valence-electron chi connectivity index (χ1n) is 6.04. The lowest BCUT2D eigenvalue weighted by atomic mass is 10.3. The fourth-order valence-corrected chi connectivity index (χ4v) is 2.87. The van der Waals surface area contributed by atoms with Crippen molar-refractivity contribution in [1.82, 2.24) is 9.29 Å². The Bertz CT molecular complexity index is 605. The summed E-state index contributed by atoms with van der Waals surface area (Å²) in [7, 11) is -0.576. The maximum atomic E-state index is 12.4. The highest BCUT2D eigenvalue weighted by Gasteiger charge is 2.25. The molecule has 0 bridgehead atoms. The van der Waals surface area contributed by atoms with E-state index in [1.807, 2.05) is 0 Å². The molecule has 1 atom stereocenters. The molecular formula is C13H19N3O3S. The maximum Gasteiger partial charge on any atom is 0.244 e. The number of rotatable bonds is 5. The van der Waals surface area contributed by atoms with Crippen molar-refractivity contribution < 1.29 is 13.2 Å². The molecule has 7 heteroatoms. The van der Waals surface area contributed by atoms with Crippen LogP contribution in [0.25, 0.3) is 0 Å². The molecule has 0 spiro atoms. The predicted molar refractivity (Wildman–Crippen MR) is 76.5 cm³/mol. The van der Waals surface area contributed by atoms with Crippen molar-refractivity contribution in [1.29, 1.82) is 0 Å². The van der Waals surface area contributed by atoms with Gasteiger partial charge in [-0.1, -0.05) is 11.8 Å². The standard InChI is InChI=1S/C13H19N3O3S/c1-11(10-19-3)16(2)20(17,18)13-7-12(5-4-6-14)8-15-9-13/h7-9,11H,6,10,14H2,1-3H3. The minimum absolute atomic E-state index is 0.103. The van der Waals surface area contributed by atoms with E-state index in [9.17, 15) is 8.42 Å². The Morgan fingerprint density at radius 2 is 2.20 bits per heavy atom. The topological polar surface area (TPSA) is 85.5 Å². The number of nitrogens with two attached hydrogens (primary N) is 1. The molecule has 0 radical (unpaired) electrons. The fourth-order valence-electron chi connectivity index (χ4n) is 1.53. The van der Waals surface area contributed by atoms with Crippen LogP contribution in [0.15, 0.2) is 23.4 Å². The summed E-state index contributed by atoms with van der Waals surface area (Å²) in [5.74, 6) is 5.43. The Labute approximate surface area is 120 Å². The molecule has 2 N–H and O–H groups in total. The number of methoxy groups -OCH3 is 1. The average molecular weight is 297 g/mol. The van der Waals surface area contributed by atoms with Crippen LogP contribution in [0.5, 0.6) is 0 Å². The summed E-state index contributed by atoms with van der Waals surface area (Å²) in [5, 5.41) is 0. The molecule has 20 heavy (non-hydrogen) atoms. The summed E-state index contributed by atoms with van der Waals surface area (Å²) in [5.41, 5.74) is 5.80. The molecule has 0 saturated heterocycles. The second-order valence-corrected chi connectivity index (χ2v) is 6.24. The van der Waals surface area contributed by atoms with Crippen LogP contribution in [-0.4, -0.2) is 51.1 Å². The van der Waals surface area contributed by atoms with Gasteiger partial charge in [-0.3, -0.25) is 4.98 Å². The first-order chi connectivity index (χ1) is 9.43. The van der Waals surface area contributed by atoms with Gasteiger partial charge in [0, 0.05) is 38.2 Å². The first kappa shape index (κ1) is 16.6. The third-order valence-electron chi connectivity index (χ3n) is 2.75. The number of nitrogens with zero attached hydrogens (tertiary/aromatic N) is 2. The highest BCUT2D eigenvalue weighted by molar-refractivity contribution is 7.89. The molecule has 0 saturated carbocycles. The van der Waals surface area contributed by atoms with Gasteiger partial charge in [0.2, 0.25) is 10.0 Å². The molecule has 6 nitrogen and oxygen atoms in total. The molecule has 0 amide bonds. The summed E-state index contributed by atoms with van der Waals surface area (Å²) >= 11 is 0. The molecule has 0 aromatic carbocycles. The lowest BCUT2D eigenvalue weighted by Crippen LogP contribution is -2.37. The van der Waals surface area contributed by atoms with Crippen LogP contribution in [0.2, 0.25) is 0 Å². The number of aromatic nitrogens is 1. The highest BCUT2D eigenvalue weighted by Crippen LogP contribution is 2.16. The van der Waals surface area contributed by atoms with Crippen molar-refractivity contribution in [3.05, 3.63) is 24.0 Å². The van der Waals surface area contributed by atoms with Crippen molar-refractivity contribution in [3.8, 4) is 11.8 Å². The largest absolute Gasteiger partial charge is 0.383 e. The zero-order valence-corrected chi connectivity index (χ0v) is 12.6.